The Balaban J connectivity index is 1.48. The molecule has 2 heterocycles. The van der Waals surface area contributed by atoms with Crippen LogP contribution in [0.1, 0.15) is 44.2 Å². The summed E-state index contributed by atoms with van der Waals surface area (Å²) >= 11 is 0. The van der Waals surface area contributed by atoms with Crippen molar-refractivity contribution in [3.05, 3.63) is 136 Å². The Morgan fingerprint density at radius 3 is 2.29 bits per heavy atom. The van der Waals surface area contributed by atoms with Crippen molar-refractivity contribution in [2.75, 3.05) is 7.11 Å². The minimum absolute atomic E-state index is 0.0434. The summed E-state index contributed by atoms with van der Waals surface area (Å²) in [6.07, 6.45) is 3.24. The number of ether oxygens (including phenoxy) is 2. The number of Topliss-reactive ketones (excluding diaryl/α,β-unsaturated/α-hetero) is 1. The minimum atomic E-state index is -0.890. The first kappa shape index (κ1) is 27.3. The average molecular weight is 549 g/mol. The summed E-state index contributed by atoms with van der Waals surface area (Å²) in [6, 6.07) is 23.8. The van der Waals surface area contributed by atoms with Crippen molar-refractivity contribution in [1.82, 2.24) is 9.88 Å². The summed E-state index contributed by atoms with van der Waals surface area (Å²) in [6.45, 7) is 2.50. The number of rotatable bonds is 8. The lowest BCUT2D eigenvalue weighted by Gasteiger charge is -2.25. The first-order chi connectivity index (χ1) is 19.9. The first-order valence-corrected chi connectivity index (χ1v) is 13.0. The van der Waals surface area contributed by atoms with E-state index < -0.39 is 23.7 Å². The van der Waals surface area contributed by atoms with E-state index in [2.05, 4.69) is 4.98 Å². The van der Waals surface area contributed by atoms with Crippen molar-refractivity contribution in [2.45, 2.75) is 26.1 Å². The number of benzene rings is 3. The minimum Gasteiger partial charge on any atom is -0.507 e. The Morgan fingerprint density at radius 2 is 1.63 bits per heavy atom. The van der Waals surface area contributed by atoms with Crippen LogP contribution in [0.5, 0.6) is 5.75 Å². The Morgan fingerprint density at radius 1 is 0.927 bits per heavy atom. The van der Waals surface area contributed by atoms with Gasteiger partial charge in [0, 0.05) is 24.5 Å². The van der Waals surface area contributed by atoms with Crippen LogP contribution in [0.25, 0.3) is 5.76 Å². The molecule has 41 heavy (non-hydrogen) atoms. The van der Waals surface area contributed by atoms with Crippen LogP contribution in [-0.4, -0.2) is 39.8 Å². The number of hydrogen-bond acceptors (Lipinski definition) is 7. The number of aliphatic hydroxyl groups is 1. The van der Waals surface area contributed by atoms with E-state index in [1.807, 2.05) is 31.2 Å². The molecule has 1 amide bonds. The van der Waals surface area contributed by atoms with Gasteiger partial charge in [-0.25, -0.2) is 4.79 Å². The molecule has 3 aromatic carbocycles. The van der Waals surface area contributed by atoms with Crippen LogP contribution in [0, 0.1) is 6.92 Å². The predicted octanol–water partition coefficient (Wildman–Crippen LogP) is 5.38. The van der Waals surface area contributed by atoms with E-state index >= 15 is 0 Å². The number of methoxy groups -OCH3 is 1. The van der Waals surface area contributed by atoms with Gasteiger partial charge in [0.2, 0.25) is 0 Å². The number of aliphatic hydroxyl groups excluding tert-OH is 1. The lowest BCUT2D eigenvalue weighted by molar-refractivity contribution is -0.140. The molecular weight excluding hydrogens is 520 g/mol. The molecule has 8 nitrogen and oxygen atoms in total. The number of amides is 1. The summed E-state index contributed by atoms with van der Waals surface area (Å²) in [5.41, 5.74) is 4.09. The Kier molecular flexibility index (Phi) is 7.92. The SMILES string of the molecule is COC(=O)c1ccc(C2C(=C(O)c3ccc(OCc4cccc(C)c4)cc3)C(=O)C(=O)N2Cc2cccnc2)cc1. The zero-order valence-corrected chi connectivity index (χ0v) is 22.6. The van der Waals surface area contributed by atoms with Gasteiger partial charge in [-0.1, -0.05) is 48.0 Å². The van der Waals surface area contributed by atoms with Crippen molar-refractivity contribution in [1.29, 1.82) is 0 Å². The molecule has 4 aromatic rings. The van der Waals surface area contributed by atoms with Crippen LogP contribution in [-0.2, 0) is 27.5 Å². The van der Waals surface area contributed by atoms with Crippen molar-refractivity contribution in [2.24, 2.45) is 0 Å². The van der Waals surface area contributed by atoms with Gasteiger partial charge in [0.25, 0.3) is 11.7 Å². The second-order valence-electron chi connectivity index (χ2n) is 9.70. The standard InChI is InChI=1S/C33H28N2O6/c1-21-5-3-6-22(17-21)20-41-27-14-12-25(13-15-27)30(36)28-29(24-8-10-26(11-9-24)33(39)40-2)35(32(38)31(28)37)19-23-7-4-16-34-18-23/h3-18,29,36H,19-20H2,1-2H3. The molecule has 0 radical (unpaired) electrons. The van der Waals surface area contributed by atoms with Gasteiger partial charge in [0.05, 0.1) is 24.3 Å². The van der Waals surface area contributed by atoms with Gasteiger partial charge in [0.15, 0.2) is 0 Å². The summed E-state index contributed by atoms with van der Waals surface area (Å²) in [4.78, 5) is 44.1. The van der Waals surface area contributed by atoms with Gasteiger partial charge >= 0.3 is 5.97 Å². The highest BCUT2D eigenvalue weighted by atomic mass is 16.5. The van der Waals surface area contributed by atoms with E-state index in [0.717, 1.165) is 16.7 Å². The number of pyridine rings is 1. The molecule has 0 aliphatic carbocycles. The van der Waals surface area contributed by atoms with Gasteiger partial charge in [-0.15, -0.1) is 0 Å². The van der Waals surface area contributed by atoms with E-state index in [-0.39, 0.29) is 17.9 Å². The van der Waals surface area contributed by atoms with Crippen LogP contribution in [0.3, 0.4) is 0 Å². The first-order valence-electron chi connectivity index (χ1n) is 13.0. The lowest BCUT2D eigenvalue weighted by atomic mass is 9.94. The number of nitrogens with zero attached hydrogens (tertiary/aromatic N) is 2. The fourth-order valence-corrected chi connectivity index (χ4v) is 4.83. The number of aromatic nitrogens is 1. The number of carbonyl (C=O) groups is 3. The van der Waals surface area contributed by atoms with E-state index in [1.165, 1.54) is 12.0 Å². The third-order valence-electron chi connectivity index (χ3n) is 6.88. The van der Waals surface area contributed by atoms with E-state index in [0.29, 0.717) is 29.0 Å². The number of esters is 1. The topological polar surface area (TPSA) is 106 Å². The summed E-state index contributed by atoms with van der Waals surface area (Å²) in [7, 11) is 1.29. The number of carbonyl (C=O) groups excluding carboxylic acids is 3. The fourth-order valence-electron chi connectivity index (χ4n) is 4.83. The van der Waals surface area contributed by atoms with E-state index in [1.54, 1.807) is 73.1 Å². The quantitative estimate of drug-likeness (QED) is 0.136. The molecule has 5 rings (SSSR count). The molecule has 1 atom stereocenters. The Hall–Kier alpha value is -5.24. The molecule has 1 aromatic heterocycles. The maximum absolute atomic E-state index is 13.4. The van der Waals surface area contributed by atoms with Crippen LogP contribution >= 0.6 is 0 Å². The second kappa shape index (κ2) is 11.9. The van der Waals surface area contributed by atoms with Gasteiger partial charge in [-0.2, -0.15) is 0 Å². The van der Waals surface area contributed by atoms with Gasteiger partial charge in [-0.3, -0.25) is 14.6 Å². The van der Waals surface area contributed by atoms with Crippen LogP contribution in [0.4, 0.5) is 0 Å². The van der Waals surface area contributed by atoms with Crippen molar-refractivity contribution < 1.29 is 29.0 Å². The van der Waals surface area contributed by atoms with Gasteiger partial charge in [-0.05, 0) is 66.1 Å². The molecule has 1 fully saturated rings. The van der Waals surface area contributed by atoms with E-state index in [9.17, 15) is 19.5 Å². The normalized spacial score (nSPS) is 16.0. The number of ketones is 1. The summed E-state index contributed by atoms with van der Waals surface area (Å²) in [5.74, 6) is -1.76. The highest BCUT2D eigenvalue weighted by molar-refractivity contribution is 6.46. The van der Waals surface area contributed by atoms with Crippen molar-refractivity contribution in [3.8, 4) is 5.75 Å². The summed E-state index contributed by atoms with van der Waals surface area (Å²) < 4.78 is 10.7. The van der Waals surface area contributed by atoms with Gasteiger partial charge in [0.1, 0.15) is 18.1 Å². The lowest BCUT2D eigenvalue weighted by Crippen LogP contribution is -2.29. The molecule has 1 unspecified atom stereocenters. The number of hydrogen-bond donors (Lipinski definition) is 1. The smallest absolute Gasteiger partial charge is 0.337 e. The third kappa shape index (κ3) is 5.86. The van der Waals surface area contributed by atoms with Crippen LogP contribution in [0.2, 0.25) is 0 Å². The Labute approximate surface area is 237 Å². The molecule has 0 saturated carbocycles. The molecule has 0 spiro atoms. The van der Waals surface area contributed by atoms with Gasteiger partial charge < -0.3 is 19.5 Å². The maximum atomic E-state index is 13.4. The van der Waals surface area contributed by atoms with Crippen LogP contribution in [0.15, 0.2) is 103 Å². The summed E-state index contributed by atoms with van der Waals surface area (Å²) in [5, 5.41) is 11.4. The predicted molar refractivity (Wildman–Crippen MR) is 152 cm³/mol. The zero-order valence-electron chi connectivity index (χ0n) is 22.6. The van der Waals surface area contributed by atoms with Crippen LogP contribution < -0.4 is 4.74 Å². The zero-order chi connectivity index (χ0) is 28.9. The molecular formula is C33H28N2O6. The molecule has 1 aliphatic heterocycles. The monoisotopic (exact) mass is 548 g/mol. The van der Waals surface area contributed by atoms with E-state index in [4.69, 9.17) is 9.47 Å². The highest BCUT2D eigenvalue weighted by Crippen LogP contribution is 2.40. The highest BCUT2D eigenvalue weighted by Gasteiger charge is 2.46. The molecule has 1 saturated heterocycles. The molecule has 8 heteroatoms. The second-order valence-corrected chi connectivity index (χ2v) is 9.70. The molecule has 206 valence electrons. The van der Waals surface area contributed by atoms with Crippen molar-refractivity contribution >= 4 is 23.4 Å². The molecule has 0 bridgehead atoms. The largest absolute Gasteiger partial charge is 0.507 e. The average Bonchev–Trinajstić information content (AvgIpc) is 3.25. The molecule has 1 N–H and O–H groups in total. The van der Waals surface area contributed by atoms with Crippen molar-refractivity contribution in [3.63, 3.8) is 0 Å². The number of aryl methyl sites for hydroxylation is 1. The maximum Gasteiger partial charge on any atom is 0.337 e. The Bertz CT molecular complexity index is 1610. The molecule has 1 aliphatic rings. The third-order valence-corrected chi connectivity index (χ3v) is 6.88. The fraction of sp³-hybridized carbons (Fsp3) is 0.152. The number of likely N-dealkylation sites (tertiary alicyclic amines) is 1.